The van der Waals surface area contributed by atoms with Gasteiger partial charge in [-0.3, -0.25) is 4.79 Å². The highest BCUT2D eigenvalue weighted by Gasteiger charge is 2.48. The molecule has 4 saturated carbocycles. The van der Waals surface area contributed by atoms with Crippen LogP contribution in [0, 0.1) is 23.7 Å². The molecule has 0 spiro atoms. The molecule has 0 heterocycles. The van der Waals surface area contributed by atoms with Gasteiger partial charge in [-0.1, -0.05) is 0 Å². The minimum atomic E-state index is 0.197. The zero-order chi connectivity index (χ0) is 15.8. The van der Waals surface area contributed by atoms with Gasteiger partial charge >= 0.3 is 0 Å². The number of hydrogen-bond acceptors (Lipinski definition) is 3. The van der Waals surface area contributed by atoms with Crippen LogP contribution in [0.4, 0.5) is 0 Å². The summed E-state index contributed by atoms with van der Waals surface area (Å²) in [6.07, 6.45) is 6.86. The molecule has 0 atom stereocenters. The van der Waals surface area contributed by atoms with E-state index in [0.29, 0.717) is 11.8 Å². The van der Waals surface area contributed by atoms with Crippen molar-refractivity contribution in [3.8, 4) is 5.75 Å². The summed E-state index contributed by atoms with van der Waals surface area (Å²) in [4.78, 5) is 13.5. The molecule has 1 amide bonds. The number of methoxy groups -OCH3 is 1. The Morgan fingerprint density at radius 3 is 2.26 bits per heavy atom. The number of carbonyl (C=O) groups excluding carboxylic acids is 1. The zero-order valence-corrected chi connectivity index (χ0v) is 14.5. The second kappa shape index (κ2) is 6.39. The Kier molecular flexibility index (Phi) is 4.27. The second-order valence-corrected chi connectivity index (χ2v) is 8.54. The van der Waals surface area contributed by atoms with E-state index in [9.17, 15) is 4.79 Å². The number of benzene rings is 1. The summed E-state index contributed by atoms with van der Waals surface area (Å²) >= 11 is 1.61. The number of amides is 1. The van der Waals surface area contributed by atoms with Gasteiger partial charge in [0.05, 0.1) is 12.9 Å². The van der Waals surface area contributed by atoms with Crippen LogP contribution in [0.5, 0.6) is 5.75 Å². The normalized spacial score (nSPS) is 34.4. The lowest BCUT2D eigenvalue weighted by Gasteiger charge is -2.54. The van der Waals surface area contributed by atoms with E-state index in [1.165, 1.54) is 32.1 Å². The van der Waals surface area contributed by atoms with Gasteiger partial charge in [-0.2, -0.15) is 0 Å². The van der Waals surface area contributed by atoms with Crippen LogP contribution in [-0.2, 0) is 4.79 Å². The molecule has 4 aliphatic rings. The monoisotopic (exact) mass is 331 g/mol. The molecule has 0 unspecified atom stereocenters. The molecule has 1 N–H and O–H groups in total. The highest BCUT2D eigenvalue weighted by molar-refractivity contribution is 8.00. The van der Waals surface area contributed by atoms with Crippen LogP contribution in [-0.4, -0.2) is 24.8 Å². The van der Waals surface area contributed by atoms with Crippen molar-refractivity contribution in [3.63, 3.8) is 0 Å². The molecule has 0 radical (unpaired) electrons. The zero-order valence-electron chi connectivity index (χ0n) is 13.7. The molecule has 3 nitrogen and oxygen atoms in total. The van der Waals surface area contributed by atoms with Crippen molar-refractivity contribution >= 4 is 17.7 Å². The van der Waals surface area contributed by atoms with Gasteiger partial charge in [0.25, 0.3) is 0 Å². The second-order valence-electron chi connectivity index (χ2n) is 7.49. The van der Waals surface area contributed by atoms with Crippen molar-refractivity contribution in [2.45, 2.75) is 43.0 Å². The van der Waals surface area contributed by atoms with Crippen molar-refractivity contribution in [2.24, 2.45) is 23.7 Å². The van der Waals surface area contributed by atoms with Crippen molar-refractivity contribution in [3.05, 3.63) is 24.3 Å². The Labute approximate surface area is 142 Å². The van der Waals surface area contributed by atoms with Crippen molar-refractivity contribution in [1.82, 2.24) is 5.32 Å². The first kappa shape index (κ1) is 15.4. The Hall–Kier alpha value is -1.16. The van der Waals surface area contributed by atoms with Crippen LogP contribution in [0.3, 0.4) is 0 Å². The summed E-state index contributed by atoms with van der Waals surface area (Å²) in [7, 11) is 1.67. The molecule has 1 aromatic rings. The van der Waals surface area contributed by atoms with Gasteiger partial charge in [0.2, 0.25) is 5.91 Å². The van der Waals surface area contributed by atoms with Gasteiger partial charge in [0.1, 0.15) is 5.75 Å². The molecule has 0 aliphatic heterocycles. The third-order valence-corrected chi connectivity index (χ3v) is 7.00. The fourth-order valence-corrected chi connectivity index (χ4v) is 5.92. The maximum Gasteiger partial charge on any atom is 0.230 e. The van der Waals surface area contributed by atoms with Crippen LogP contribution in [0.2, 0.25) is 0 Å². The molecule has 4 aliphatic carbocycles. The number of rotatable bonds is 5. The first-order chi connectivity index (χ1) is 11.2. The Balaban J connectivity index is 1.30. The lowest BCUT2D eigenvalue weighted by Crippen LogP contribution is -2.56. The summed E-state index contributed by atoms with van der Waals surface area (Å²) in [6.45, 7) is 0. The molecular formula is C19H25NO2S. The van der Waals surface area contributed by atoms with Crippen molar-refractivity contribution in [2.75, 3.05) is 12.9 Å². The lowest BCUT2D eigenvalue weighted by atomic mass is 9.54. The molecular weight excluding hydrogens is 306 g/mol. The molecule has 0 aromatic heterocycles. The number of thioether (sulfide) groups is 1. The van der Waals surface area contributed by atoms with E-state index >= 15 is 0 Å². The third kappa shape index (κ3) is 3.23. The topological polar surface area (TPSA) is 38.3 Å². The van der Waals surface area contributed by atoms with Crippen molar-refractivity contribution < 1.29 is 9.53 Å². The first-order valence-corrected chi connectivity index (χ1v) is 9.76. The summed E-state index contributed by atoms with van der Waals surface area (Å²) in [5, 5.41) is 3.37. The Morgan fingerprint density at radius 2 is 1.70 bits per heavy atom. The standard InChI is InChI=1S/C19H25NO2S/c1-22-16-2-4-17(5-3-16)23-11-18(21)20-19-14-7-12-6-13(9-14)10-15(19)8-12/h2-5,12-15,19H,6-11H2,1H3,(H,20,21). The van der Waals surface area contributed by atoms with Crippen LogP contribution in [0.15, 0.2) is 29.2 Å². The molecule has 4 bridgehead atoms. The number of ether oxygens (including phenoxy) is 1. The van der Waals surface area contributed by atoms with Gasteiger partial charge in [-0.15, -0.1) is 11.8 Å². The third-order valence-electron chi connectivity index (χ3n) is 5.98. The largest absolute Gasteiger partial charge is 0.497 e. The summed E-state index contributed by atoms with van der Waals surface area (Å²) in [5.74, 6) is 4.98. The van der Waals surface area contributed by atoms with Gasteiger partial charge < -0.3 is 10.1 Å². The predicted octanol–water partition coefficient (Wildman–Crippen LogP) is 3.73. The average Bonchev–Trinajstić information content (AvgIpc) is 2.56. The molecule has 5 rings (SSSR count). The summed E-state index contributed by atoms with van der Waals surface area (Å²) < 4.78 is 5.16. The van der Waals surface area contributed by atoms with Gasteiger partial charge in [-0.05, 0) is 80.0 Å². The van der Waals surface area contributed by atoms with E-state index in [4.69, 9.17) is 4.74 Å². The molecule has 124 valence electrons. The quantitative estimate of drug-likeness (QED) is 0.836. The average molecular weight is 331 g/mol. The maximum atomic E-state index is 12.4. The predicted molar refractivity (Wildman–Crippen MR) is 92.7 cm³/mol. The van der Waals surface area contributed by atoms with Crippen LogP contribution < -0.4 is 10.1 Å². The van der Waals surface area contributed by atoms with E-state index in [1.807, 2.05) is 24.3 Å². The minimum Gasteiger partial charge on any atom is -0.497 e. The number of carbonyl (C=O) groups is 1. The van der Waals surface area contributed by atoms with Crippen LogP contribution in [0.25, 0.3) is 0 Å². The van der Waals surface area contributed by atoms with E-state index < -0.39 is 0 Å². The van der Waals surface area contributed by atoms with E-state index in [-0.39, 0.29) is 5.91 Å². The fraction of sp³-hybridized carbons (Fsp3) is 0.632. The minimum absolute atomic E-state index is 0.197. The smallest absolute Gasteiger partial charge is 0.230 e. The van der Waals surface area contributed by atoms with Gasteiger partial charge in [0.15, 0.2) is 0 Å². The first-order valence-electron chi connectivity index (χ1n) is 8.77. The maximum absolute atomic E-state index is 12.4. The molecule has 23 heavy (non-hydrogen) atoms. The molecule has 4 fully saturated rings. The molecule has 0 saturated heterocycles. The SMILES string of the molecule is COc1ccc(SCC(=O)NC2C3CC4CC(C3)CC2C4)cc1. The lowest BCUT2D eigenvalue weighted by molar-refractivity contribution is -0.122. The summed E-state index contributed by atoms with van der Waals surface area (Å²) in [6, 6.07) is 8.36. The highest BCUT2D eigenvalue weighted by Crippen LogP contribution is 2.53. The van der Waals surface area contributed by atoms with E-state index in [0.717, 1.165) is 34.3 Å². The Bertz CT molecular complexity index is 543. The molecule has 1 aromatic carbocycles. The van der Waals surface area contributed by atoms with Crippen molar-refractivity contribution in [1.29, 1.82) is 0 Å². The van der Waals surface area contributed by atoms with Crippen LogP contribution in [0.1, 0.15) is 32.1 Å². The van der Waals surface area contributed by atoms with Crippen LogP contribution >= 0.6 is 11.8 Å². The highest BCUT2D eigenvalue weighted by atomic mass is 32.2. The summed E-state index contributed by atoms with van der Waals surface area (Å²) in [5.41, 5.74) is 0. The van der Waals surface area contributed by atoms with E-state index in [2.05, 4.69) is 5.32 Å². The number of hydrogen-bond donors (Lipinski definition) is 1. The number of nitrogens with one attached hydrogen (secondary N) is 1. The van der Waals surface area contributed by atoms with E-state index in [1.54, 1.807) is 18.9 Å². The van der Waals surface area contributed by atoms with Gasteiger partial charge in [-0.25, -0.2) is 0 Å². The Morgan fingerprint density at radius 1 is 1.09 bits per heavy atom. The van der Waals surface area contributed by atoms with Gasteiger partial charge in [0, 0.05) is 10.9 Å². The molecule has 4 heteroatoms. The fourth-order valence-electron chi connectivity index (χ4n) is 5.21.